The number of aromatic nitrogens is 1. The van der Waals surface area contributed by atoms with Crippen LogP contribution in [0.5, 0.6) is 0 Å². The fourth-order valence-electron chi connectivity index (χ4n) is 1.86. The van der Waals surface area contributed by atoms with Crippen molar-refractivity contribution in [3.8, 4) is 0 Å². The van der Waals surface area contributed by atoms with Crippen molar-refractivity contribution in [2.75, 3.05) is 24.5 Å². The zero-order valence-electron chi connectivity index (χ0n) is 13.7. The molecule has 0 aliphatic carbocycles. The number of halogens is 2. The molecule has 0 radical (unpaired) electrons. The quantitative estimate of drug-likeness (QED) is 0.780. The molecule has 3 N–H and O–H groups in total. The first kappa shape index (κ1) is 22.4. The van der Waals surface area contributed by atoms with E-state index in [0.717, 1.165) is 27.8 Å². The summed E-state index contributed by atoms with van der Waals surface area (Å²) in [5.74, 6) is -0.0758. The van der Waals surface area contributed by atoms with Gasteiger partial charge in [0.05, 0.1) is 9.58 Å². The molecule has 9 heteroatoms. The molecular weight excluding hydrogens is 375 g/mol. The van der Waals surface area contributed by atoms with Gasteiger partial charge in [0.15, 0.2) is 5.13 Å². The summed E-state index contributed by atoms with van der Waals surface area (Å²) >= 11 is 3.07. The van der Waals surface area contributed by atoms with Crippen LogP contribution in [0.3, 0.4) is 0 Å². The number of amides is 1. The summed E-state index contributed by atoms with van der Waals surface area (Å²) in [4.78, 5) is 20.6. The summed E-state index contributed by atoms with van der Waals surface area (Å²) in [7, 11) is 0. The Kier molecular flexibility index (Phi) is 8.80. The predicted octanol–water partition coefficient (Wildman–Crippen LogP) is 3.51. The van der Waals surface area contributed by atoms with Gasteiger partial charge in [-0.25, -0.2) is 4.98 Å². The molecule has 0 unspecified atom stereocenters. The Morgan fingerprint density at radius 1 is 1.30 bits per heavy atom. The third-order valence-corrected chi connectivity index (χ3v) is 5.26. The first-order valence-electron chi connectivity index (χ1n) is 7.06. The molecule has 5 nitrogen and oxygen atoms in total. The van der Waals surface area contributed by atoms with E-state index in [0.29, 0.717) is 11.4 Å². The number of anilines is 1. The smallest absolute Gasteiger partial charge is 0.261 e. The third kappa shape index (κ3) is 5.76. The number of hydrogen-bond donors (Lipinski definition) is 2. The van der Waals surface area contributed by atoms with E-state index in [1.54, 1.807) is 11.3 Å². The van der Waals surface area contributed by atoms with Gasteiger partial charge in [0, 0.05) is 25.2 Å². The Hall–Kier alpha value is -0.600. The Morgan fingerprint density at radius 3 is 2.39 bits per heavy atom. The lowest BCUT2D eigenvalue weighted by Crippen LogP contribution is -2.44. The molecule has 2 rings (SSSR count). The van der Waals surface area contributed by atoms with Gasteiger partial charge in [-0.1, -0.05) is 11.3 Å². The van der Waals surface area contributed by atoms with Crippen molar-refractivity contribution in [1.82, 2.24) is 10.3 Å². The third-order valence-electron chi connectivity index (χ3n) is 3.04. The van der Waals surface area contributed by atoms with Crippen LogP contribution in [0.2, 0.25) is 0 Å². The minimum Gasteiger partial charge on any atom is -0.350 e. The predicted molar refractivity (Wildman–Crippen MR) is 106 cm³/mol. The van der Waals surface area contributed by atoms with Crippen LogP contribution in [0, 0.1) is 0 Å². The van der Waals surface area contributed by atoms with Gasteiger partial charge in [-0.3, -0.25) is 4.79 Å². The number of thiophene rings is 1. The first-order valence-corrected chi connectivity index (χ1v) is 8.69. The molecule has 0 aliphatic heterocycles. The van der Waals surface area contributed by atoms with Crippen molar-refractivity contribution in [1.29, 1.82) is 0 Å². The van der Waals surface area contributed by atoms with Gasteiger partial charge in [0.25, 0.3) is 5.91 Å². The minimum atomic E-state index is -0.404. The van der Waals surface area contributed by atoms with E-state index in [1.807, 2.05) is 19.9 Å². The van der Waals surface area contributed by atoms with Crippen molar-refractivity contribution in [2.45, 2.75) is 33.2 Å². The van der Waals surface area contributed by atoms with E-state index in [2.05, 4.69) is 29.0 Å². The second-order valence-electron chi connectivity index (χ2n) is 5.62. The molecule has 2 aromatic heterocycles. The van der Waals surface area contributed by atoms with Crippen LogP contribution in [-0.2, 0) is 0 Å². The van der Waals surface area contributed by atoms with Crippen LogP contribution >= 0.6 is 47.5 Å². The molecule has 0 saturated carbocycles. The topological polar surface area (TPSA) is 71.2 Å². The van der Waals surface area contributed by atoms with E-state index in [-0.39, 0.29) is 30.7 Å². The Balaban J connectivity index is 0.00000242. The number of fused-ring (bicyclic) bond motifs is 1. The van der Waals surface area contributed by atoms with Gasteiger partial charge in [-0.15, -0.1) is 36.2 Å². The van der Waals surface area contributed by atoms with Crippen LogP contribution in [-0.4, -0.2) is 36.1 Å². The number of nitrogens with one attached hydrogen (secondary N) is 1. The van der Waals surface area contributed by atoms with Gasteiger partial charge >= 0.3 is 0 Å². The van der Waals surface area contributed by atoms with Crippen LogP contribution < -0.4 is 16.0 Å². The number of hydrogen-bond acceptors (Lipinski definition) is 6. The molecule has 0 aromatic carbocycles. The van der Waals surface area contributed by atoms with Crippen molar-refractivity contribution in [3.05, 3.63) is 10.9 Å². The summed E-state index contributed by atoms with van der Waals surface area (Å²) < 4.78 is 1.07. The molecule has 0 fully saturated rings. The zero-order chi connectivity index (χ0) is 15.6. The number of nitrogens with two attached hydrogens (primary N) is 1. The molecule has 23 heavy (non-hydrogen) atoms. The average Bonchev–Trinajstić information content (AvgIpc) is 2.95. The molecule has 0 atom stereocenters. The minimum absolute atomic E-state index is 0. The fraction of sp³-hybridized carbons (Fsp3) is 0.571. The van der Waals surface area contributed by atoms with Gasteiger partial charge in [0.2, 0.25) is 0 Å². The fourth-order valence-corrected chi connectivity index (χ4v) is 4.11. The molecule has 0 bridgehead atoms. The number of rotatable bonds is 6. The summed E-state index contributed by atoms with van der Waals surface area (Å²) in [5.41, 5.74) is 5.47. The van der Waals surface area contributed by atoms with Gasteiger partial charge < -0.3 is 16.0 Å². The van der Waals surface area contributed by atoms with E-state index in [9.17, 15) is 4.79 Å². The Labute approximate surface area is 157 Å². The van der Waals surface area contributed by atoms with Crippen molar-refractivity contribution in [3.63, 3.8) is 0 Å². The second-order valence-corrected chi connectivity index (χ2v) is 7.66. The zero-order valence-corrected chi connectivity index (χ0v) is 17.0. The molecule has 0 saturated heterocycles. The molecule has 2 aromatic rings. The summed E-state index contributed by atoms with van der Waals surface area (Å²) in [6.07, 6.45) is 0. The maximum atomic E-state index is 12.1. The highest BCUT2D eigenvalue weighted by atomic mass is 35.5. The number of nitrogens with zero attached hydrogens (tertiary/aromatic N) is 2. The molecular formula is C14H24Cl2N4OS2. The van der Waals surface area contributed by atoms with Crippen molar-refractivity contribution < 1.29 is 4.79 Å². The van der Waals surface area contributed by atoms with Crippen LogP contribution in [0.25, 0.3) is 9.53 Å². The maximum Gasteiger partial charge on any atom is 0.261 e. The van der Waals surface area contributed by atoms with E-state index < -0.39 is 5.54 Å². The van der Waals surface area contributed by atoms with E-state index in [4.69, 9.17) is 5.73 Å². The number of carbonyl (C=O) groups excluding carboxylic acids is 1. The highest BCUT2D eigenvalue weighted by molar-refractivity contribution is 7.29. The lowest BCUT2D eigenvalue weighted by Gasteiger charge is -2.18. The summed E-state index contributed by atoms with van der Waals surface area (Å²) in [6, 6.07) is 1.92. The van der Waals surface area contributed by atoms with Gasteiger partial charge in [-0.05, 0) is 33.8 Å². The molecule has 0 aliphatic rings. The molecule has 1 amide bonds. The number of thiazole rings is 1. The lowest BCUT2D eigenvalue weighted by molar-refractivity contribution is 0.0950. The van der Waals surface area contributed by atoms with Gasteiger partial charge in [-0.2, -0.15) is 0 Å². The first-order chi connectivity index (χ1) is 9.84. The standard InChI is InChI=1S/C14H22N4OS2.2ClH/c1-5-18(6-2)13-17-12-10(21-13)7-9(20-12)11(19)16-8-14(3,4)15;;/h7H,5-6,8,15H2,1-4H3,(H,16,19);2*1H. The molecule has 0 spiro atoms. The van der Waals surface area contributed by atoms with Crippen molar-refractivity contribution >= 4 is 68.1 Å². The highest BCUT2D eigenvalue weighted by Gasteiger charge is 2.18. The summed E-state index contributed by atoms with van der Waals surface area (Å²) in [6.45, 7) is 10.3. The average molecular weight is 399 g/mol. The van der Waals surface area contributed by atoms with Crippen molar-refractivity contribution in [2.24, 2.45) is 5.73 Å². The highest BCUT2D eigenvalue weighted by Crippen LogP contribution is 2.34. The largest absolute Gasteiger partial charge is 0.350 e. The normalized spacial score (nSPS) is 10.8. The second kappa shape index (κ2) is 9.03. The summed E-state index contributed by atoms with van der Waals surface area (Å²) in [5, 5.41) is 3.89. The maximum absolute atomic E-state index is 12.1. The molecule has 2 heterocycles. The molecule has 132 valence electrons. The van der Waals surface area contributed by atoms with Crippen LogP contribution in [0.15, 0.2) is 6.07 Å². The monoisotopic (exact) mass is 398 g/mol. The Bertz CT molecular complexity index is 601. The van der Waals surface area contributed by atoms with Crippen LogP contribution in [0.1, 0.15) is 37.4 Å². The van der Waals surface area contributed by atoms with Gasteiger partial charge in [0.1, 0.15) is 4.83 Å². The van der Waals surface area contributed by atoms with Crippen LogP contribution in [0.4, 0.5) is 5.13 Å². The van der Waals surface area contributed by atoms with E-state index >= 15 is 0 Å². The number of carbonyl (C=O) groups is 1. The van der Waals surface area contributed by atoms with E-state index in [1.165, 1.54) is 11.3 Å². The Morgan fingerprint density at radius 2 is 1.91 bits per heavy atom. The lowest BCUT2D eigenvalue weighted by atomic mass is 10.1. The SMILES string of the molecule is CCN(CC)c1nc2sc(C(=O)NCC(C)(C)N)cc2s1.Cl.Cl.